The summed E-state index contributed by atoms with van der Waals surface area (Å²) in [6.45, 7) is 8.67. The summed E-state index contributed by atoms with van der Waals surface area (Å²) >= 11 is 6.02. The molecule has 1 aromatic carbocycles. The maximum absolute atomic E-state index is 6.02. The summed E-state index contributed by atoms with van der Waals surface area (Å²) in [5.74, 6) is 0.708. The van der Waals surface area contributed by atoms with E-state index in [0.29, 0.717) is 5.92 Å². The van der Waals surface area contributed by atoms with Crippen molar-refractivity contribution in [2.45, 2.75) is 34.1 Å². The van der Waals surface area contributed by atoms with Crippen LogP contribution in [0, 0.1) is 19.8 Å². The van der Waals surface area contributed by atoms with Crippen LogP contribution in [0.2, 0.25) is 5.02 Å². The molecular weight excluding hydrogens is 180 g/mol. The lowest BCUT2D eigenvalue weighted by atomic mass is 9.97. The Labute approximate surface area is 85.9 Å². The number of benzene rings is 1. The van der Waals surface area contributed by atoms with Gasteiger partial charge in [-0.3, -0.25) is 0 Å². The summed E-state index contributed by atoms with van der Waals surface area (Å²) in [4.78, 5) is 0. The number of halogens is 1. The molecule has 0 heterocycles. The first kappa shape index (κ1) is 10.6. The summed E-state index contributed by atoms with van der Waals surface area (Å²) in [6.07, 6.45) is 1.14. The van der Waals surface area contributed by atoms with E-state index in [1.54, 1.807) is 0 Å². The number of aryl methyl sites for hydroxylation is 2. The number of hydrogen-bond donors (Lipinski definition) is 0. The van der Waals surface area contributed by atoms with Crippen molar-refractivity contribution in [3.63, 3.8) is 0 Å². The van der Waals surface area contributed by atoms with Gasteiger partial charge in [0.25, 0.3) is 0 Å². The molecule has 0 amide bonds. The van der Waals surface area contributed by atoms with Crippen molar-refractivity contribution in [2.24, 2.45) is 5.92 Å². The highest BCUT2D eigenvalue weighted by Crippen LogP contribution is 2.22. The Morgan fingerprint density at radius 2 is 1.77 bits per heavy atom. The van der Waals surface area contributed by atoms with E-state index in [9.17, 15) is 0 Å². The van der Waals surface area contributed by atoms with E-state index < -0.39 is 0 Å². The molecule has 0 aliphatic carbocycles. The Hall–Kier alpha value is -0.490. The average molecular weight is 197 g/mol. The van der Waals surface area contributed by atoms with Crippen LogP contribution in [-0.2, 0) is 6.42 Å². The van der Waals surface area contributed by atoms with Crippen LogP contribution in [-0.4, -0.2) is 0 Å². The maximum atomic E-state index is 6.02. The predicted molar refractivity (Wildman–Crippen MR) is 59.5 cm³/mol. The van der Waals surface area contributed by atoms with Crippen molar-refractivity contribution in [3.8, 4) is 0 Å². The number of hydrogen-bond acceptors (Lipinski definition) is 0. The molecule has 0 spiro atoms. The molecule has 0 atom stereocenters. The van der Waals surface area contributed by atoms with Gasteiger partial charge in [0.2, 0.25) is 0 Å². The molecule has 0 aromatic heterocycles. The minimum atomic E-state index is 0.708. The topological polar surface area (TPSA) is 0 Å². The Balaban J connectivity index is 3.01. The second-order valence-corrected chi connectivity index (χ2v) is 4.53. The van der Waals surface area contributed by atoms with Gasteiger partial charge in [0.05, 0.1) is 0 Å². The zero-order valence-corrected chi connectivity index (χ0v) is 9.57. The Bertz CT molecular complexity index is 300. The minimum Gasteiger partial charge on any atom is -0.0840 e. The van der Waals surface area contributed by atoms with Crippen molar-refractivity contribution >= 4 is 11.6 Å². The van der Waals surface area contributed by atoms with Crippen LogP contribution < -0.4 is 0 Å². The fourth-order valence-corrected chi connectivity index (χ4v) is 1.72. The third kappa shape index (κ3) is 2.73. The molecule has 0 fully saturated rings. The molecule has 1 rings (SSSR count). The molecule has 0 aliphatic rings. The van der Waals surface area contributed by atoms with E-state index in [2.05, 4.69) is 39.8 Å². The highest BCUT2D eigenvalue weighted by molar-refractivity contribution is 6.31. The van der Waals surface area contributed by atoms with Gasteiger partial charge in [-0.25, -0.2) is 0 Å². The molecule has 0 aliphatic heterocycles. The zero-order chi connectivity index (χ0) is 10.0. The van der Waals surface area contributed by atoms with Gasteiger partial charge in [0.15, 0.2) is 0 Å². The Kier molecular flexibility index (Phi) is 3.38. The highest BCUT2D eigenvalue weighted by atomic mass is 35.5. The first-order chi connectivity index (χ1) is 6.00. The van der Waals surface area contributed by atoms with Gasteiger partial charge >= 0.3 is 0 Å². The second-order valence-electron chi connectivity index (χ2n) is 4.13. The average Bonchev–Trinajstić information content (AvgIpc) is 1.99. The summed E-state index contributed by atoms with van der Waals surface area (Å²) < 4.78 is 0. The van der Waals surface area contributed by atoms with Crippen molar-refractivity contribution < 1.29 is 0 Å². The fourth-order valence-electron chi connectivity index (χ4n) is 1.50. The molecule has 0 radical (unpaired) electrons. The second kappa shape index (κ2) is 4.15. The molecule has 0 saturated heterocycles. The predicted octanol–water partition coefficient (Wildman–Crippen LogP) is 4.16. The van der Waals surface area contributed by atoms with Crippen LogP contribution in [0.15, 0.2) is 12.1 Å². The van der Waals surface area contributed by atoms with E-state index in [1.165, 1.54) is 16.7 Å². The van der Waals surface area contributed by atoms with Crippen molar-refractivity contribution in [1.29, 1.82) is 0 Å². The molecule has 0 saturated carbocycles. The Morgan fingerprint density at radius 3 is 2.31 bits per heavy atom. The molecule has 0 bridgehead atoms. The summed E-state index contributed by atoms with van der Waals surface area (Å²) in [7, 11) is 0. The smallest absolute Gasteiger partial charge is 0.0438 e. The van der Waals surface area contributed by atoms with E-state index in [1.807, 2.05) is 0 Å². The quantitative estimate of drug-likeness (QED) is 0.667. The summed E-state index contributed by atoms with van der Waals surface area (Å²) in [5, 5.41) is 0.880. The van der Waals surface area contributed by atoms with Crippen molar-refractivity contribution in [1.82, 2.24) is 0 Å². The van der Waals surface area contributed by atoms with Gasteiger partial charge in [0, 0.05) is 5.02 Å². The molecule has 13 heavy (non-hydrogen) atoms. The SMILES string of the molecule is Cc1cc(CC(C)C)c(C)cc1Cl. The van der Waals surface area contributed by atoms with Crippen molar-refractivity contribution in [3.05, 3.63) is 33.8 Å². The van der Waals surface area contributed by atoms with Crippen LogP contribution in [0.5, 0.6) is 0 Å². The molecule has 0 nitrogen and oxygen atoms in total. The van der Waals surface area contributed by atoms with Crippen LogP contribution in [0.4, 0.5) is 0 Å². The third-order valence-corrected chi connectivity index (χ3v) is 2.65. The van der Waals surface area contributed by atoms with E-state index in [-0.39, 0.29) is 0 Å². The zero-order valence-electron chi connectivity index (χ0n) is 8.82. The first-order valence-corrected chi connectivity index (χ1v) is 5.14. The first-order valence-electron chi connectivity index (χ1n) is 4.76. The third-order valence-electron chi connectivity index (χ3n) is 2.25. The van der Waals surface area contributed by atoms with Crippen LogP contribution >= 0.6 is 11.6 Å². The largest absolute Gasteiger partial charge is 0.0840 e. The van der Waals surface area contributed by atoms with Gasteiger partial charge in [-0.15, -0.1) is 0 Å². The van der Waals surface area contributed by atoms with E-state index >= 15 is 0 Å². The van der Waals surface area contributed by atoms with Gasteiger partial charge < -0.3 is 0 Å². The van der Waals surface area contributed by atoms with Crippen LogP contribution in [0.3, 0.4) is 0 Å². The molecular formula is C12H17Cl. The summed E-state index contributed by atoms with van der Waals surface area (Å²) in [6, 6.07) is 4.27. The lowest BCUT2D eigenvalue weighted by Gasteiger charge is -2.10. The lowest BCUT2D eigenvalue weighted by Crippen LogP contribution is -1.97. The van der Waals surface area contributed by atoms with Crippen LogP contribution in [0.1, 0.15) is 30.5 Å². The minimum absolute atomic E-state index is 0.708. The highest BCUT2D eigenvalue weighted by Gasteiger charge is 2.04. The van der Waals surface area contributed by atoms with Gasteiger partial charge in [-0.05, 0) is 48.9 Å². The van der Waals surface area contributed by atoms with Crippen molar-refractivity contribution in [2.75, 3.05) is 0 Å². The fraction of sp³-hybridized carbons (Fsp3) is 0.500. The van der Waals surface area contributed by atoms with Gasteiger partial charge in [-0.1, -0.05) is 31.5 Å². The van der Waals surface area contributed by atoms with E-state index in [4.69, 9.17) is 11.6 Å². The van der Waals surface area contributed by atoms with E-state index in [0.717, 1.165) is 11.4 Å². The molecule has 1 heteroatoms. The van der Waals surface area contributed by atoms with Gasteiger partial charge in [0.1, 0.15) is 0 Å². The normalized spacial score (nSPS) is 10.9. The molecule has 0 unspecified atom stereocenters. The Morgan fingerprint density at radius 1 is 1.15 bits per heavy atom. The van der Waals surface area contributed by atoms with Gasteiger partial charge in [-0.2, -0.15) is 0 Å². The molecule has 1 aromatic rings. The summed E-state index contributed by atoms with van der Waals surface area (Å²) in [5.41, 5.74) is 3.92. The standard InChI is InChI=1S/C12H17Cl/c1-8(2)5-11-6-10(4)12(13)7-9(11)3/h6-8H,5H2,1-4H3. The number of rotatable bonds is 2. The molecule has 72 valence electrons. The monoisotopic (exact) mass is 196 g/mol. The maximum Gasteiger partial charge on any atom is 0.0438 e. The lowest BCUT2D eigenvalue weighted by molar-refractivity contribution is 0.644. The molecule has 0 N–H and O–H groups in total. The van der Waals surface area contributed by atoms with Crippen LogP contribution in [0.25, 0.3) is 0 Å².